The molecule has 21 heavy (non-hydrogen) atoms. The van der Waals surface area contributed by atoms with E-state index in [-0.39, 0.29) is 24.1 Å². The number of nitrogens with one attached hydrogen (secondary N) is 3. The number of rotatable bonds is 3. The molecule has 1 aliphatic rings. The van der Waals surface area contributed by atoms with Gasteiger partial charge >= 0.3 is 0 Å². The summed E-state index contributed by atoms with van der Waals surface area (Å²) in [6, 6.07) is 10.3. The van der Waals surface area contributed by atoms with Crippen LogP contribution in [0.5, 0.6) is 0 Å². The number of benzene rings is 1. The number of amides is 2. The van der Waals surface area contributed by atoms with Gasteiger partial charge in [0.2, 0.25) is 0 Å². The van der Waals surface area contributed by atoms with Crippen LogP contribution in [0.4, 0.5) is 5.69 Å². The van der Waals surface area contributed by atoms with E-state index >= 15 is 0 Å². The summed E-state index contributed by atoms with van der Waals surface area (Å²) in [5, 5.41) is 2.72. The highest BCUT2D eigenvalue weighted by atomic mass is 16.3. The van der Waals surface area contributed by atoms with Crippen LogP contribution in [0.2, 0.25) is 0 Å². The van der Waals surface area contributed by atoms with Crippen molar-refractivity contribution in [1.82, 2.24) is 10.9 Å². The van der Waals surface area contributed by atoms with Gasteiger partial charge in [0, 0.05) is 11.3 Å². The minimum Gasteiger partial charge on any atom is -0.459 e. The summed E-state index contributed by atoms with van der Waals surface area (Å²) in [6.45, 7) is 0.0965. The van der Waals surface area contributed by atoms with Crippen molar-refractivity contribution >= 4 is 23.3 Å². The Balaban J connectivity index is 1.70. The second-order valence-corrected chi connectivity index (χ2v) is 4.35. The first kappa shape index (κ1) is 12.9. The van der Waals surface area contributed by atoms with Crippen molar-refractivity contribution in [2.24, 2.45) is 4.99 Å². The molecule has 0 saturated carbocycles. The van der Waals surface area contributed by atoms with E-state index in [2.05, 4.69) is 21.2 Å². The maximum Gasteiger partial charge on any atom is 0.291 e. The lowest BCUT2D eigenvalue weighted by Crippen LogP contribution is -2.47. The second-order valence-electron chi connectivity index (χ2n) is 4.35. The van der Waals surface area contributed by atoms with Crippen LogP contribution in [0.15, 0.2) is 52.1 Å². The first-order valence-electron chi connectivity index (χ1n) is 6.27. The molecule has 0 unspecified atom stereocenters. The predicted octanol–water partition coefficient (Wildman–Crippen LogP) is 0.913. The highest BCUT2D eigenvalue weighted by molar-refractivity contribution is 6.04. The fourth-order valence-corrected chi connectivity index (χ4v) is 1.83. The Bertz CT molecular complexity index is 690. The van der Waals surface area contributed by atoms with E-state index in [4.69, 9.17) is 4.42 Å². The third kappa shape index (κ3) is 2.92. The van der Waals surface area contributed by atoms with Gasteiger partial charge in [-0.1, -0.05) is 0 Å². The quantitative estimate of drug-likeness (QED) is 0.780. The molecule has 0 aliphatic carbocycles. The summed E-state index contributed by atoms with van der Waals surface area (Å²) >= 11 is 0. The van der Waals surface area contributed by atoms with Gasteiger partial charge < -0.3 is 9.73 Å². The van der Waals surface area contributed by atoms with Gasteiger partial charge in [0.15, 0.2) is 5.76 Å². The Morgan fingerprint density at radius 2 is 2.00 bits per heavy atom. The molecular weight excluding hydrogens is 272 g/mol. The molecule has 0 radical (unpaired) electrons. The predicted molar refractivity (Wildman–Crippen MR) is 75.8 cm³/mol. The van der Waals surface area contributed by atoms with Crippen LogP contribution in [-0.2, 0) is 4.79 Å². The number of nitrogens with zero attached hydrogens (tertiary/aromatic N) is 1. The SMILES string of the molecule is O=C1CN=C(c2ccc(NC(=O)c3ccco3)cc2)NN1. The van der Waals surface area contributed by atoms with Crippen molar-refractivity contribution in [1.29, 1.82) is 0 Å². The number of carbonyl (C=O) groups excluding carboxylic acids is 2. The standard InChI is InChI=1S/C14H12N4O3/c19-12-8-15-13(18-17-12)9-3-5-10(6-4-9)16-14(20)11-2-1-7-21-11/h1-7H,8H2,(H,15,18)(H,16,20)(H,17,19). The van der Waals surface area contributed by atoms with Crippen molar-refractivity contribution in [3.8, 4) is 0 Å². The van der Waals surface area contributed by atoms with E-state index in [0.29, 0.717) is 11.5 Å². The third-order valence-corrected chi connectivity index (χ3v) is 2.86. The summed E-state index contributed by atoms with van der Waals surface area (Å²) < 4.78 is 5.02. The lowest BCUT2D eigenvalue weighted by molar-refractivity contribution is -0.120. The molecular formula is C14H12N4O3. The Kier molecular flexibility index (Phi) is 3.38. The summed E-state index contributed by atoms with van der Waals surface area (Å²) in [7, 11) is 0. The Morgan fingerprint density at radius 3 is 2.62 bits per heavy atom. The first-order valence-corrected chi connectivity index (χ1v) is 6.27. The molecule has 0 spiro atoms. The largest absolute Gasteiger partial charge is 0.459 e. The van der Waals surface area contributed by atoms with Crippen molar-refractivity contribution in [3.63, 3.8) is 0 Å². The Hall–Kier alpha value is -3.09. The molecule has 3 rings (SSSR count). The van der Waals surface area contributed by atoms with E-state index < -0.39 is 0 Å². The molecule has 7 nitrogen and oxygen atoms in total. The lowest BCUT2D eigenvalue weighted by atomic mass is 10.2. The zero-order valence-electron chi connectivity index (χ0n) is 10.9. The van der Waals surface area contributed by atoms with Crippen molar-refractivity contribution < 1.29 is 14.0 Å². The summed E-state index contributed by atoms with van der Waals surface area (Å²) in [5.74, 6) is 0.341. The topological polar surface area (TPSA) is 95.7 Å². The highest BCUT2D eigenvalue weighted by Crippen LogP contribution is 2.12. The molecule has 1 aromatic carbocycles. The number of aliphatic imine (C=N–C) groups is 1. The van der Waals surface area contributed by atoms with Crippen LogP contribution in [-0.4, -0.2) is 24.2 Å². The number of hydrogen-bond acceptors (Lipinski definition) is 5. The molecule has 0 atom stereocenters. The van der Waals surface area contributed by atoms with Gasteiger partial charge in [0.25, 0.3) is 11.8 Å². The molecule has 2 aromatic rings. The van der Waals surface area contributed by atoms with Crippen LogP contribution < -0.4 is 16.2 Å². The molecule has 3 N–H and O–H groups in total. The fourth-order valence-electron chi connectivity index (χ4n) is 1.83. The number of hydrogen-bond donors (Lipinski definition) is 3. The maximum absolute atomic E-state index is 11.8. The summed E-state index contributed by atoms with van der Waals surface area (Å²) in [4.78, 5) is 26.9. The minimum absolute atomic E-state index is 0.0965. The average Bonchev–Trinajstić information content (AvgIpc) is 3.03. The number of amidine groups is 1. The molecule has 106 valence electrons. The molecule has 2 heterocycles. The van der Waals surface area contributed by atoms with Crippen LogP contribution in [0, 0.1) is 0 Å². The molecule has 0 saturated heterocycles. The van der Waals surface area contributed by atoms with Crippen LogP contribution >= 0.6 is 0 Å². The van der Waals surface area contributed by atoms with E-state index in [9.17, 15) is 9.59 Å². The molecule has 0 bridgehead atoms. The van der Waals surface area contributed by atoms with Gasteiger partial charge in [-0.05, 0) is 36.4 Å². The normalized spacial score (nSPS) is 13.9. The van der Waals surface area contributed by atoms with Crippen LogP contribution in [0.3, 0.4) is 0 Å². The van der Waals surface area contributed by atoms with E-state index in [0.717, 1.165) is 5.56 Å². The van der Waals surface area contributed by atoms with Crippen LogP contribution in [0.1, 0.15) is 16.1 Å². The summed E-state index contributed by atoms with van der Waals surface area (Å²) in [5.41, 5.74) is 6.66. The number of hydrazine groups is 1. The molecule has 2 amide bonds. The Labute approximate surface area is 120 Å². The van der Waals surface area contributed by atoms with Gasteiger partial charge in [-0.25, -0.2) is 0 Å². The Morgan fingerprint density at radius 1 is 1.19 bits per heavy atom. The fraction of sp³-hybridized carbons (Fsp3) is 0.0714. The second kappa shape index (κ2) is 5.49. The van der Waals surface area contributed by atoms with Gasteiger partial charge in [-0.3, -0.25) is 25.4 Å². The van der Waals surface area contributed by atoms with Crippen LogP contribution in [0.25, 0.3) is 0 Å². The van der Waals surface area contributed by atoms with Crippen molar-refractivity contribution in [2.45, 2.75) is 0 Å². The number of furan rings is 1. The average molecular weight is 284 g/mol. The molecule has 1 aliphatic heterocycles. The zero-order valence-corrected chi connectivity index (χ0v) is 10.9. The monoisotopic (exact) mass is 284 g/mol. The molecule has 7 heteroatoms. The first-order chi connectivity index (χ1) is 10.2. The van der Waals surface area contributed by atoms with E-state index in [1.54, 1.807) is 36.4 Å². The van der Waals surface area contributed by atoms with Crippen molar-refractivity contribution in [3.05, 3.63) is 54.0 Å². The molecule has 1 aromatic heterocycles. The smallest absolute Gasteiger partial charge is 0.291 e. The van der Waals surface area contributed by atoms with Gasteiger partial charge in [0.05, 0.1) is 6.26 Å². The number of carbonyl (C=O) groups is 2. The summed E-state index contributed by atoms with van der Waals surface area (Å²) in [6.07, 6.45) is 1.44. The maximum atomic E-state index is 11.8. The number of anilines is 1. The molecule has 0 fully saturated rings. The van der Waals surface area contributed by atoms with Gasteiger partial charge in [0.1, 0.15) is 12.4 Å². The van der Waals surface area contributed by atoms with E-state index in [1.807, 2.05) is 0 Å². The zero-order chi connectivity index (χ0) is 14.7. The minimum atomic E-state index is -0.312. The van der Waals surface area contributed by atoms with Gasteiger partial charge in [-0.15, -0.1) is 0 Å². The van der Waals surface area contributed by atoms with Crippen molar-refractivity contribution in [2.75, 3.05) is 11.9 Å². The lowest BCUT2D eigenvalue weighted by Gasteiger charge is -2.15. The van der Waals surface area contributed by atoms with E-state index in [1.165, 1.54) is 6.26 Å². The third-order valence-electron chi connectivity index (χ3n) is 2.86. The van der Waals surface area contributed by atoms with Gasteiger partial charge in [-0.2, -0.15) is 0 Å². The highest BCUT2D eigenvalue weighted by Gasteiger charge is 2.12.